The van der Waals surface area contributed by atoms with Crippen LogP contribution in [0.1, 0.15) is 16.7 Å². The predicted molar refractivity (Wildman–Crippen MR) is 101 cm³/mol. The van der Waals surface area contributed by atoms with Crippen LogP contribution in [0, 0.1) is 6.92 Å². The molecule has 2 rings (SSSR count). The summed E-state index contributed by atoms with van der Waals surface area (Å²) in [7, 11) is 0. The molecule has 0 aromatic heterocycles. The lowest BCUT2D eigenvalue weighted by Gasteiger charge is -2.04. The summed E-state index contributed by atoms with van der Waals surface area (Å²) in [6.07, 6.45) is 3.40. The van der Waals surface area contributed by atoms with Gasteiger partial charge in [0.2, 0.25) is 5.91 Å². The Bertz CT molecular complexity index is 667. The van der Waals surface area contributed by atoms with E-state index in [2.05, 4.69) is 5.32 Å². The van der Waals surface area contributed by atoms with Crippen LogP contribution >= 0.6 is 23.4 Å². The standard InChI is InChI=1S/C19H20ClNOS/c1-15-6-8-16(9-7-15)10-11-19(22)21-12-13-23-14-17-4-2-3-5-18(17)20/h2-11H,12-14H2,1H3,(H,21,22). The van der Waals surface area contributed by atoms with Crippen molar-refractivity contribution in [2.24, 2.45) is 0 Å². The van der Waals surface area contributed by atoms with Gasteiger partial charge in [0.05, 0.1) is 0 Å². The maximum Gasteiger partial charge on any atom is 0.244 e. The topological polar surface area (TPSA) is 29.1 Å². The smallest absolute Gasteiger partial charge is 0.244 e. The van der Waals surface area contributed by atoms with E-state index in [1.54, 1.807) is 17.8 Å². The van der Waals surface area contributed by atoms with Crippen LogP contribution < -0.4 is 5.32 Å². The number of carbonyl (C=O) groups excluding carboxylic acids is 1. The van der Waals surface area contributed by atoms with E-state index in [-0.39, 0.29) is 5.91 Å². The van der Waals surface area contributed by atoms with E-state index in [0.717, 1.165) is 27.7 Å². The molecule has 2 aromatic rings. The fourth-order valence-electron chi connectivity index (χ4n) is 1.95. The van der Waals surface area contributed by atoms with Crippen molar-refractivity contribution < 1.29 is 4.79 Å². The Hall–Kier alpha value is -1.71. The lowest BCUT2D eigenvalue weighted by atomic mass is 10.1. The average Bonchev–Trinajstić information content (AvgIpc) is 2.55. The Morgan fingerprint density at radius 1 is 1.17 bits per heavy atom. The summed E-state index contributed by atoms with van der Waals surface area (Å²) >= 11 is 7.86. The first-order valence-corrected chi connectivity index (χ1v) is 9.02. The van der Waals surface area contributed by atoms with Gasteiger partial charge >= 0.3 is 0 Å². The number of thioether (sulfide) groups is 1. The molecule has 0 saturated carbocycles. The highest BCUT2D eigenvalue weighted by Crippen LogP contribution is 2.20. The molecule has 0 heterocycles. The van der Waals surface area contributed by atoms with Crippen LogP contribution in [0.15, 0.2) is 54.6 Å². The third kappa shape index (κ3) is 6.51. The second kappa shape index (κ2) is 9.43. The van der Waals surface area contributed by atoms with E-state index >= 15 is 0 Å². The zero-order chi connectivity index (χ0) is 16.5. The SMILES string of the molecule is Cc1ccc(C=CC(=O)NCCSCc2ccccc2Cl)cc1. The summed E-state index contributed by atoms with van der Waals surface area (Å²) in [5, 5.41) is 3.68. The molecule has 0 aliphatic heterocycles. The van der Waals surface area contributed by atoms with Crippen LogP contribution in [0.2, 0.25) is 5.02 Å². The number of nitrogens with one attached hydrogen (secondary N) is 1. The Morgan fingerprint density at radius 2 is 1.91 bits per heavy atom. The maximum absolute atomic E-state index is 11.7. The molecule has 1 amide bonds. The van der Waals surface area contributed by atoms with Crippen LogP contribution in [0.5, 0.6) is 0 Å². The van der Waals surface area contributed by atoms with Crippen LogP contribution in [0.3, 0.4) is 0 Å². The molecule has 0 radical (unpaired) electrons. The van der Waals surface area contributed by atoms with Gasteiger partial charge in [0.25, 0.3) is 0 Å². The quantitative estimate of drug-likeness (QED) is 0.581. The normalized spacial score (nSPS) is 10.9. The van der Waals surface area contributed by atoms with Gasteiger partial charge in [-0.1, -0.05) is 59.6 Å². The third-order valence-corrected chi connectivity index (χ3v) is 4.64. The van der Waals surface area contributed by atoms with Gasteiger partial charge in [-0.15, -0.1) is 0 Å². The van der Waals surface area contributed by atoms with Gasteiger partial charge in [-0.3, -0.25) is 4.79 Å². The molecule has 4 heteroatoms. The number of aryl methyl sites for hydroxylation is 1. The Morgan fingerprint density at radius 3 is 2.65 bits per heavy atom. The number of rotatable bonds is 7. The minimum atomic E-state index is -0.0658. The summed E-state index contributed by atoms with van der Waals surface area (Å²) in [5.41, 5.74) is 3.37. The molecule has 0 spiro atoms. The van der Waals surface area contributed by atoms with Crippen molar-refractivity contribution in [3.05, 3.63) is 76.3 Å². The zero-order valence-corrected chi connectivity index (χ0v) is 14.7. The Balaban J connectivity index is 1.65. The highest BCUT2D eigenvalue weighted by molar-refractivity contribution is 7.98. The molecule has 2 nitrogen and oxygen atoms in total. The molecule has 0 unspecified atom stereocenters. The largest absolute Gasteiger partial charge is 0.352 e. The van der Waals surface area contributed by atoms with Crippen LogP contribution in [-0.4, -0.2) is 18.2 Å². The van der Waals surface area contributed by atoms with Crippen molar-refractivity contribution in [3.63, 3.8) is 0 Å². The number of benzene rings is 2. The fraction of sp³-hybridized carbons (Fsp3) is 0.211. The van der Waals surface area contributed by atoms with E-state index in [0.29, 0.717) is 6.54 Å². The van der Waals surface area contributed by atoms with E-state index < -0.39 is 0 Å². The molecule has 0 aliphatic carbocycles. The summed E-state index contributed by atoms with van der Waals surface area (Å²) in [5.74, 6) is 1.65. The highest BCUT2D eigenvalue weighted by Gasteiger charge is 1.99. The van der Waals surface area contributed by atoms with E-state index in [9.17, 15) is 4.79 Å². The fourth-order valence-corrected chi connectivity index (χ4v) is 3.10. The lowest BCUT2D eigenvalue weighted by molar-refractivity contribution is -0.116. The van der Waals surface area contributed by atoms with Crippen molar-refractivity contribution in [3.8, 4) is 0 Å². The number of carbonyl (C=O) groups is 1. The maximum atomic E-state index is 11.7. The molecule has 0 aliphatic rings. The number of hydrogen-bond donors (Lipinski definition) is 1. The Kier molecular flexibility index (Phi) is 7.24. The van der Waals surface area contributed by atoms with Gasteiger partial charge in [0.1, 0.15) is 0 Å². The van der Waals surface area contributed by atoms with E-state index in [1.807, 2.05) is 61.5 Å². The van der Waals surface area contributed by atoms with Gasteiger partial charge in [-0.05, 0) is 30.2 Å². The zero-order valence-electron chi connectivity index (χ0n) is 13.1. The first-order valence-electron chi connectivity index (χ1n) is 7.49. The first-order chi connectivity index (χ1) is 11.1. The van der Waals surface area contributed by atoms with Crippen LogP contribution in [0.25, 0.3) is 6.08 Å². The number of hydrogen-bond acceptors (Lipinski definition) is 2. The van der Waals surface area contributed by atoms with Crippen molar-refractivity contribution in [2.45, 2.75) is 12.7 Å². The number of halogens is 1. The third-order valence-electron chi connectivity index (χ3n) is 3.27. The van der Waals surface area contributed by atoms with E-state index in [4.69, 9.17) is 11.6 Å². The molecular weight excluding hydrogens is 326 g/mol. The summed E-state index contributed by atoms with van der Waals surface area (Å²) < 4.78 is 0. The molecule has 23 heavy (non-hydrogen) atoms. The van der Waals surface area contributed by atoms with Crippen molar-refractivity contribution in [1.29, 1.82) is 0 Å². The van der Waals surface area contributed by atoms with Crippen LogP contribution in [-0.2, 0) is 10.5 Å². The second-order valence-electron chi connectivity index (χ2n) is 5.18. The van der Waals surface area contributed by atoms with Gasteiger partial charge in [0.15, 0.2) is 0 Å². The molecule has 0 fully saturated rings. The van der Waals surface area contributed by atoms with Gasteiger partial charge in [-0.25, -0.2) is 0 Å². The van der Waals surface area contributed by atoms with Crippen molar-refractivity contribution >= 4 is 35.3 Å². The molecular formula is C19H20ClNOS. The first kappa shape index (κ1) is 17.6. The summed E-state index contributed by atoms with van der Waals surface area (Å²) in [6, 6.07) is 15.9. The number of amides is 1. The molecule has 0 saturated heterocycles. The van der Waals surface area contributed by atoms with Crippen LogP contribution in [0.4, 0.5) is 0 Å². The van der Waals surface area contributed by atoms with Gasteiger partial charge < -0.3 is 5.32 Å². The minimum Gasteiger partial charge on any atom is -0.352 e. The predicted octanol–water partition coefficient (Wildman–Crippen LogP) is 4.71. The lowest BCUT2D eigenvalue weighted by Crippen LogP contribution is -2.23. The van der Waals surface area contributed by atoms with E-state index in [1.165, 1.54) is 5.56 Å². The molecule has 0 atom stereocenters. The summed E-state index contributed by atoms with van der Waals surface area (Å²) in [6.45, 7) is 2.69. The summed E-state index contributed by atoms with van der Waals surface area (Å²) in [4.78, 5) is 11.7. The van der Waals surface area contributed by atoms with Crippen molar-refractivity contribution in [2.75, 3.05) is 12.3 Å². The minimum absolute atomic E-state index is 0.0658. The van der Waals surface area contributed by atoms with Gasteiger partial charge in [-0.2, -0.15) is 11.8 Å². The van der Waals surface area contributed by atoms with Crippen molar-refractivity contribution in [1.82, 2.24) is 5.32 Å². The monoisotopic (exact) mass is 345 g/mol. The molecule has 120 valence electrons. The molecule has 0 bridgehead atoms. The molecule has 1 N–H and O–H groups in total. The molecule has 2 aromatic carbocycles. The Labute approximate surface area is 146 Å². The average molecular weight is 346 g/mol. The second-order valence-corrected chi connectivity index (χ2v) is 6.69. The van der Waals surface area contributed by atoms with Gasteiger partial charge in [0, 0.05) is 29.1 Å². The highest BCUT2D eigenvalue weighted by atomic mass is 35.5.